The highest BCUT2D eigenvalue weighted by atomic mass is 32.2. The van der Waals surface area contributed by atoms with Crippen LogP contribution in [0, 0.1) is 12.7 Å². The Kier molecular flexibility index (Phi) is 3.67. The molecule has 0 amide bonds. The van der Waals surface area contributed by atoms with E-state index in [2.05, 4.69) is 0 Å². The Labute approximate surface area is 135 Å². The van der Waals surface area contributed by atoms with E-state index in [-0.39, 0.29) is 19.8 Å². The summed E-state index contributed by atoms with van der Waals surface area (Å²) in [5, 5.41) is -0.141. The number of alkyl halides is 3. The number of benzene rings is 2. The molecule has 126 valence electrons. The van der Waals surface area contributed by atoms with E-state index >= 15 is 0 Å². The molecule has 8 heteroatoms. The molecule has 3 rings (SSSR count). The fourth-order valence-electron chi connectivity index (χ4n) is 2.43. The van der Waals surface area contributed by atoms with Crippen molar-refractivity contribution in [2.24, 2.45) is 0 Å². The SMILES string of the molecule is Cc1ccc(S(=O)(=O)n2c(C(F)(F)F)cc3cc(F)ccc32)cc1. The lowest BCUT2D eigenvalue weighted by molar-refractivity contribution is -0.141. The fourth-order valence-corrected chi connectivity index (χ4v) is 3.96. The zero-order valence-electron chi connectivity index (χ0n) is 12.3. The molecule has 0 saturated carbocycles. The predicted octanol–water partition coefficient (Wildman–Crippen LogP) is 4.34. The summed E-state index contributed by atoms with van der Waals surface area (Å²) in [6, 6.07) is 8.89. The molecule has 3 aromatic rings. The molecule has 0 spiro atoms. The van der Waals surface area contributed by atoms with Gasteiger partial charge in [-0.3, -0.25) is 0 Å². The smallest absolute Gasteiger partial charge is 0.229 e. The van der Waals surface area contributed by atoms with Gasteiger partial charge in [-0.1, -0.05) is 17.7 Å². The maximum absolute atomic E-state index is 13.3. The van der Waals surface area contributed by atoms with Gasteiger partial charge in [0, 0.05) is 5.39 Å². The number of hydrogen-bond acceptors (Lipinski definition) is 2. The molecule has 1 heterocycles. The third kappa shape index (κ3) is 2.66. The van der Waals surface area contributed by atoms with Crippen molar-refractivity contribution in [3.8, 4) is 0 Å². The molecule has 2 aromatic carbocycles. The first-order valence-corrected chi connectivity index (χ1v) is 8.25. The average molecular weight is 357 g/mol. The number of rotatable bonds is 2. The summed E-state index contributed by atoms with van der Waals surface area (Å²) in [6.45, 7) is 1.73. The van der Waals surface area contributed by atoms with Crippen molar-refractivity contribution in [2.75, 3.05) is 0 Å². The van der Waals surface area contributed by atoms with E-state index in [1.807, 2.05) is 0 Å². The molecule has 24 heavy (non-hydrogen) atoms. The Balaban J connectivity index is 2.37. The molecule has 0 aliphatic heterocycles. The van der Waals surface area contributed by atoms with Gasteiger partial charge in [-0.25, -0.2) is 16.8 Å². The molecular formula is C16H11F4NO2S. The van der Waals surface area contributed by atoms with Gasteiger partial charge in [0.05, 0.1) is 10.4 Å². The monoisotopic (exact) mass is 357 g/mol. The lowest BCUT2D eigenvalue weighted by atomic mass is 10.2. The summed E-state index contributed by atoms with van der Waals surface area (Å²) in [6.07, 6.45) is -4.91. The van der Waals surface area contributed by atoms with Crippen LogP contribution in [0.25, 0.3) is 10.9 Å². The van der Waals surface area contributed by atoms with Crippen molar-refractivity contribution >= 4 is 20.9 Å². The van der Waals surface area contributed by atoms with Crippen LogP contribution in [-0.2, 0) is 16.2 Å². The van der Waals surface area contributed by atoms with Gasteiger partial charge in [0.25, 0.3) is 10.0 Å². The highest BCUT2D eigenvalue weighted by Gasteiger charge is 2.39. The Hall–Kier alpha value is -2.35. The van der Waals surface area contributed by atoms with Crippen molar-refractivity contribution in [1.29, 1.82) is 0 Å². The molecular weight excluding hydrogens is 346 g/mol. The maximum atomic E-state index is 13.3. The van der Waals surface area contributed by atoms with Crippen LogP contribution in [0.1, 0.15) is 11.3 Å². The minimum atomic E-state index is -4.91. The summed E-state index contributed by atoms with van der Waals surface area (Å²) in [7, 11) is -4.49. The van der Waals surface area contributed by atoms with Crippen LogP contribution in [0.4, 0.5) is 17.6 Å². The third-order valence-electron chi connectivity index (χ3n) is 3.57. The first-order chi connectivity index (χ1) is 11.1. The molecule has 0 N–H and O–H groups in total. The van der Waals surface area contributed by atoms with Gasteiger partial charge in [0.1, 0.15) is 11.5 Å². The number of fused-ring (bicyclic) bond motifs is 1. The molecule has 0 aliphatic carbocycles. The fraction of sp³-hybridized carbons (Fsp3) is 0.125. The zero-order valence-corrected chi connectivity index (χ0v) is 13.1. The van der Waals surface area contributed by atoms with Crippen LogP contribution in [0.5, 0.6) is 0 Å². The van der Waals surface area contributed by atoms with Gasteiger partial charge in [-0.15, -0.1) is 0 Å². The normalized spacial score (nSPS) is 12.7. The van der Waals surface area contributed by atoms with Crippen LogP contribution in [0.3, 0.4) is 0 Å². The molecule has 0 bridgehead atoms. The molecule has 0 aliphatic rings. The van der Waals surface area contributed by atoms with Crippen LogP contribution >= 0.6 is 0 Å². The second-order valence-corrected chi connectivity index (χ2v) is 7.10. The second-order valence-electron chi connectivity index (χ2n) is 5.31. The Morgan fingerprint density at radius 1 is 0.958 bits per heavy atom. The molecule has 0 unspecified atom stereocenters. The summed E-state index contributed by atoms with van der Waals surface area (Å²) >= 11 is 0. The minimum absolute atomic E-state index is 0.141. The minimum Gasteiger partial charge on any atom is -0.229 e. The first kappa shape index (κ1) is 16.5. The number of hydrogen-bond donors (Lipinski definition) is 0. The summed E-state index contributed by atoms with van der Waals surface area (Å²) in [5.74, 6) is -0.749. The van der Waals surface area contributed by atoms with Crippen molar-refractivity contribution < 1.29 is 26.0 Å². The average Bonchev–Trinajstić information content (AvgIpc) is 2.87. The van der Waals surface area contributed by atoms with Crippen molar-refractivity contribution in [3.63, 3.8) is 0 Å². The lowest BCUT2D eigenvalue weighted by Crippen LogP contribution is -2.20. The van der Waals surface area contributed by atoms with E-state index in [4.69, 9.17) is 0 Å². The number of nitrogens with zero attached hydrogens (tertiary/aromatic N) is 1. The second kappa shape index (κ2) is 5.34. The predicted molar refractivity (Wildman–Crippen MR) is 80.7 cm³/mol. The maximum Gasteiger partial charge on any atom is 0.432 e. The molecule has 0 saturated heterocycles. The zero-order chi connectivity index (χ0) is 17.7. The molecule has 1 aromatic heterocycles. The number of aryl methyl sites for hydroxylation is 1. The third-order valence-corrected chi connectivity index (χ3v) is 5.31. The van der Waals surface area contributed by atoms with Crippen LogP contribution in [0.2, 0.25) is 0 Å². The Morgan fingerprint density at radius 2 is 1.58 bits per heavy atom. The standard InChI is InChI=1S/C16H11F4NO2S/c1-10-2-5-13(6-3-10)24(22,23)21-14-7-4-12(17)8-11(14)9-15(21)16(18,19)20/h2-9H,1H3. The van der Waals surface area contributed by atoms with Crippen LogP contribution in [-0.4, -0.2) is 12.4 Å². The Bertz CT molecular complexity index is 1020. The molecule has 0 fully saturated rings. The highest BCUT2D eigenvalue weighted by molar-refractivity contribution is 7.90. The van der Waals surface area contributed by atoms with Crippen molar-refractivity contribution in [1.82, 2.24) is 3.97 Å². The number of aromatic nitrogens is 1. The van der Waals surface area contributed by atoms with Gasteiger partial charge < -0.3 is 0 Å². The quantitative estimate of drug-likeness (QED) is 0.640. The van der Waals surface area contributed by atoms with Gasteiger partial charge in [0.15, 0.2) is 0 Å². The van der Waals surface area contributed by atoms with Crippen molar-refractivity contribution in [3.05, 3.63) is 65.6 Å². The molecule has 0 radical (unpaired) electrons. The topological polar surface area (TPSA) is 39.1 Å². The van der Waals surface area contributed by atoms with Gasteiger partial charge >= 0.3 is 6.18 Å². The van der Waals surface area contributed by atoms with Crippen molar-refractivity contribution in [2.45, 2.75) is 18.0 Å². The van der Waals surface area contributed by atoms with Gasteiger partial charge in [-0.2, -0.15) is 13.2 Å². The summed E-state index contributed by atoms with van der Waals surface area (Å²) < 4.78 is 79.0. The van der Waals surface area contributed by atoms with E-state index < -0.39 is 27.7 Å². The van der Waals surface area contributed by atoms with Gasteiger partial charge in [0.2, 0.25) is 0 Å². The van der Waals surface area contributed by atoms with Gasteiger partial charge in [-0.05, 0) is 43.3 Å². The summed E-state index contributed by atoms with van der Waals surface area (Å²) in [5.41, 5.74) is -0.836. The van der Waals surface area contributed by atoms with E-state index in [9.17, 15) is 26.0 Å². The van der Waals surface area contributed by atoms with E-state index in [0.29, 0.717) is 6.07 Å². The first-order valence-electron chi connectivity index (χ1n) is 6.81. The summed E-state index contributed by atoms with van der Waals surface area (Å²) in [4.78, 5) is -0.277. The van der Waals surface area contributed by atoms with E-state index in [1.165, 1.54) is 24.3 Å². The van der Waals surface area contributed by atoms with Crippen LogP contribution in [0.15, 0.2) is 53.4 Å². The van der Waals surface area contributed by atoms with Crippen LogP contribution < -0.4 is 0 Å². The Morgan fingerprint density at radius 3 is 2.17 bits per heavy atom. The molecule has 0 atom stereocenters. The highest BCUT2D eigenvalue weighted by Crippen LogP contribution is 2.36. The van der Waals surface area contributed by atoms with E-state index in [1.54, 1.807) is 6.92 Å². The largest absolute Gasteiger partial charge is 0.432 e. The molecule has 3 nitrogen and oxygen atoms in total. The van der Waals surface area contributed by atoms with E-state index in [0.717, 1.165) is 23.8 Å². The lowest BCUT2D eigenvalue weighted by Gasteiger charge is -2.14. The number of halogens is 4.